The fourth-order valence-electron chi connectivity index (χ4n) is 2.17. The zero-order chi connectivity index (χ0) is 13.4. The van der Waals surface area contributed by atoms with Crippen LogP contribution in [0, 0.1) is 0 Å². The molecule has 18 heavy (non-hydrogen) atoms. The first-order valence-electron chi connectivity index (χ1n) is 7.11. The van der Waals surface area contributed by atoms with Crippen LogP contribution in [0.2, 0.25) is 0 Å². The second-order valence-electron chi connectivity index (χ2n) is 5.43. The summed E-state index contributed by atoms with van der Waals surface area (Å²) in [6.45, 7) is 6.30. The van der Waals surface area contributed by atoms with Crippen molar-refractivity contribution in [2.45, 2.75) is 58.0 Å². The molecule has 0 aromatic heterocycles. The number of rotatable bonds is 6. The molecule has 1 aliphatic carbocycles. The molecule has 0 aromatic carbocycles. The molecule has 4 N–H and O–H groups in total. The van der Waals surface area contributed by atoms with Crippen LogP contribution in [0.15, 0.2) is 4.99 Å². The highest BCUT2D eigenvalue weighted by atomic mass is 15.3. The standard InChI is InChI=1S/C13H29N5/c1-11(2)18(3)10-6-9-15-13(17-14)16-12-7-4-5-8-12/h11-12H,4-10,14H2,1-3H3,(H2,15,16,17). The minimum absolute atomic E-state index is 0.554. The van der Waals surface area contributed by atoms with Crippen molar-refractivity contribution in [1.29, 1.82) is 0 Å². The Balaban J connectivity index is 2.20. The third kappa shape index (κ3) is 5.69. The molecule has 0 atom stereocenters. The topological polar surface area (TPSA) is 65.7 Å². The van der Waals surface area contributed by atoms with Crippen molar-refractivity contribution in [1.82, 2.24) is 15.6 Å². The largest absolute Gasteiger partial charge is 0.353 e. The predicted molar refractivity (Wildman–Crippen MR) is 77.4 cm³/mol. The average molecular weight is 255 g/mol. The van der Waals surface area contributed by atoms with Crippen molar-refractivity contribution >= 4 is 5.96 Å². The van der Waals surface area contributed by atoms with E-state index in [1.165, 1.54) is 25.7 Å². The van der Waals surface area contributed by atoms with Crippen LogP contribution < -0.4 is 16.6 Å². The number of aliphatic imine (C=N–C) groups is 1. The van der Waals surface area contributed by atoms with Gasteiger partial charge in [-0.05, 0) is 46.7 Å². The fraction of sp³-hybridized carbons (Fsp3) is 0.923. The molecule has 0 aliphatic heterocycles. The van der Waals surface area contributed by atoms with E-state index in [0.717, 1.165) is 25.5 Å². The summed E-state index contributed by atoms with van der Waals surface area (Å²) in [6, 6.07) is 1.15. The fourth-order valence-corrected chi connectivity index (χ4v) is 2.17. The molecule has 0 unspecified atom stereocenters. The first-order valence-corrected chi connectivity index (χ1v) is 7.11. The molecule has 1 aliphatic rings. The molecule has 1 saturated carbocycles. The number of hydrogen-bond acceptors (Lipinski definition) is 3. The lowest BCUT2D eigenvalue weighted by molar-refractivity contribution is 0.272. The molecule has 0 amide bonds. The van der Waals surface area contributed by atoms with Crippen molar-refractivity contribution in [3.8, 4) is 0 Å². The van der Waals surface area contributed by atoms with Crippen LogP contribution in [0.25, 0.3) is 0 Å². The Labute approximate surface area is 111 Å². The predicted octanol–water partition coefficient (Wildman–Crippen LogP) is 1.07. The van der Waals surface area contributed by atoms with E-state index >= 15 is 0 Å². The Hall–Kier alpha value is -0.810. The third-order valence-corrected chi connectivity index (χ3v) is 3.65. The second kappa shape index (κ2) is 8.32. The van der Waals surface area contributed by atoms with Crippen molar-refractivity contribution in [2.24, 2.45) is 10.8 Å². The Morgan fingerprint density at radius 2 is 2.06 bits per heavy atom. The lowest BCUT2D eigenvalue weighted by Gasteiger charge is -2.20. The van der Waals surface area contributed by atoms with Crippen molar-refractivity contribution < 1.29 is 0 Å². The molecule has 0 spiro atoms. The minimum atomic E-state index is 0.554. The molecule has 0 heterocycles. The number of nitrogens with zero attached hydrogens (tertiary/aromatic N) is 2. The van der Waals surface area contributed by atoms with Gasteiger partial charge in [0.25, 0.3) is 0 Å². The van der Waals surface area contributed by atoms with E-state index in [1.54, 1.807) is 0 Å². The molecule has 1 fully saturated rings. The number of hydrogen-bond donors (Lipinski definition) is 3. The summed E-state index contributed by atoms with van der Waals surface area (Å²) < 4.78 is 0. The normalized spacial score (nSPS) is 17.8. The summed E-state index contributed by atoms with van der Waals surface area (Å²) in [4.78, 5) is 6.81. The van der Waals surface area contributed by atoms with E-state index in [-0.39, 0.29) is 0 Å². The maximum Gasteiger partial charge on any atom is 0.205 e. The van der Waals surface area contributed by atoms with Crippen LogP contribution in [0.1, 0.15) is 46.0 Å². The molecule has 0 bridgehead atoms. The van der Waals surface area contributed by atoms with E-state index < -0.39 is 0 Å². The van der Waals surface area contributed by atoms with Gasteiger partial charge in [-0.1, -0.05) is 12.8 Å². The molecule has 0 saturated heterocycles. The Kier molecular flexibility index (Phi) is 7.05. The summed E-state index contributed by atoms with van der Waals surface area (Å²) in [7, 11) is 2.15. The SMILES string of the molecule is CC(C)N(C)CCCN=C(NN)NC1CCCC1. The molecule has 0 radical (unpaired) electrons. The van der Waals surface area contributed by atoms with Gasteiger partial charge in [0, 0.05) is 18.6 Å². The van der Waals surface area contributed by atoms with Gasteiger partial charge in [0.1, 0.15) is 0 Å². The van der Waals surface area contributed by atoms with Crippen LogP contribution in [0.3, 0.4) is 0 Å². The zero-order valence-corrected chi connectivity index (χ0v) is 12.1. The van der Waals surface area contributed by atoms with Crippen molar-refractivity contribution in [3.05, 3.63) is 0 Å². The lowest BCUT2D eigenvalue weighted by atomic mass is 10.2. The van der Waals surface area contributed by atoms with Gasteiger partial charge in [0.2, 0.25) is 5.96 Å². The molecular weight excluding hydrogens is 226 g/mol. The number of hydrazine groups is 1. The first-order chi connectivity index (χ1) is 8.63. The highest BCUT2D eigenvalue weighted by molar-refractivity contribution is 5.79. The second-order valence-corrected chi connectivity index (χ2v) is 5.43. The highest BCUT2D eigenvalue weighted by Gasteiger charge is 2.15. The molecular formula is C13H29N5. The van der Waals surface area contributed by atoms with Gasteiger partial charge in [-0.2, -0.15) is 0 Å². The molecule has 106 valence electrons. The van der Waals surface area contributed by atoms with Crippen LogP contribution in [-0.2, 0) is 0 Å². The molecule has 1 rings (SSSR count). The van der Waals surface area contributed by atoms with Gasteiger partial charge >= 0.3 is 0 Å². The summed E-state index contributed by atoms with van der Waals surface area (Å²) >= 11 is 0. The van der Waals surface area contributed by atoms with Crippen molar-refractivity contribution in [3.63, 3.8) is 0 Å². The van der Waals surface area contributed by atoms with Gasteiger partial charge < -0.3 is 10.2 Å². The smallest absolute Gasteiger partial charge is 0.205 e. The maximum absolute atomic E-state index is 5.49. The summed E-state index contributed by atoms with van der Waals surface area (Å²) in [5, 5.41) is 3.38. The van der Waals surface area contributed by atoms with Gasteiger partial charge in [0.05, 0.1) is 0 Å². The Bertz CT molecular complexity index is 246. The zero-order valence-electron chi connectivity index (χ0n) is 12.1. The Morgan fingerprint density at radius 3 is 2.61 bits per heavy atom. The quantitative estimate of drug-likeness (QED) is 0.218. The Morgan fingerprint density at radius 1 is 1.39 bits per heavy atom. The van der Waals surface area contributed by atoms with Gasteiger partial charge in [-0.3, -0.25) is 10.4 Å². The van der Waals surface area contributed by atoms with E-state index in [1.807, 2.05) is 0 Å². The van der Waals surface area contributed by atoms with Crippen LogP contribution >= 0.6 is 0 Å². The van der Waals surface area contributed by atoms with Crippen LogP contribution in [0.5, 0.6) is 0 Å². The summed E-state index contributed by atoms with van der Waals surface area (Å²) in [5.74, 6) is 6.23. The van der Waals surface area contributed by atoms with Gasteiger partial charge in [-0.15, -0.1) is 0 Å². The summed E-state index contributed by atoms with van der Waals surface area (Å²) in [5.41, 5.74) is 2.67. The molecule has 0 aromatic rings. The average Bonchev–Trinajstić information content (AvgIpc) is 2.85. The van der Waals surface area contributed by atoms with E-state index in [4.69, 9.17) is 5.84 Å². The van der Waals surface area contributed by atoms with Gasteiger partial charge in [-0.25, -0.2) is 5.84 Å². The van der Waals surface area contributed by atoms with Crippen LogP contribution in [0.4, 0.5) is 0 Å². The monoisotopic (exact) mass is 255 g/mol. The number of nitrogens with two attached hydrogens (primary N) is 1. The van der Waals surface area contributed by atoms with E-state index in [2.05, 4.69) is 41.5 Å². The molecule has 5 nitrogen and oxygen atoms in total. The van der Waals surface area contributed by atoms with Crippen molar-refractivity contribution in [2.75, 3.05) is 20.1 Å². The highest BCUT2D eigenvalue weighted by Crippen LogP contribution is 2.17. The van der Waals surface area contributed by atoms with E-state index in [9.17, 15) is 0 Å². The first kappa shape index (κ1) is 15.2. The van der Waals surface area contributed by atoms with Crippen LogP contribution in [-0.4, -0.2) is 43.1 Å². The number of guanidine groups is 1. The maximum atomic E-state index is 5.49. The van der Waals surface area contributed by atoms with Gasteiger partial charge in [0.15, 0.2) is 0 Å². The number of nitrogens with one attached hydrogen (secondary N) is 2. The third-order valence-electron chi connectivity index (χ3n) is 3.65. The van der Waals surface area contributed by atoms with E-state index in [0.29, 0.717) is 12.1 Å². The minimum Gasteiger partial charge on any atom is -0.353 e. The summed E-state index contributed by atoms with van der Waals surface area (Å²) in [6.07, 6.45) is 6.16. The lowest BCUT2D eigenvalue weighted by Crippen LogP contribution is -2.45. The molecule has 5 heteroatoms.